The van der Waals surface area contributed by atoms with Crippen molar-refractivity contribution in [2.45, 2.75) is 58.4 Å². The van der Waals surface area contributed by atoms with E-state index in [2.05, 4.69) is 48.6 Å². The van der Waals surface area contributed by atoms with E-state index in [9.17, 15) is 4.79 Å². The van der Waals surface area contributed by atoms with E-state index >= 15 is 0 Å². The summed E-state index contributed by atoms with van der Waals surface area (Å²) in [5.41, 5.74) is 6.52. The van der Waals surface area contributed by atoms with Crippen molar-refractivity contribution in [1.29, 1.82) is 0 Å². The second-order valence-electron chi connectivity index (χ2n) is 8.05. The molecule has 0 unspecified atom stereocenters. The van der Waals surface area contributed by atoms with Crippen molar-refractivity contribution in [2.75, 3.05) is 32.7 Å². The van der Waals surface area contributed by atoms with E-state index in [1.807, 2.05) is 0 Å². The quantitative estimate of drug-likeness (QED) is 0.290. The fraction of sp³-hybridized carbons (Fsp3) is 0.737. The molecule has 0 radical (unpaired) electrons. The van der Waals surface area contributed by atoms with E-state index in [0.717, 1.165) is 55.6 Å². The lowest BCUT2D eigenvalue weighted by Crippen LogP contribution is -2.49. The second-order valence-corrected chi connectivity index (χ2v) is 8.99. The van der Waals surface area contributed by atoms with Crippen LogP contribution in [-0.2, 0) is 16.6 Å². The third kappa shape index (κ3) is 8.60. The second kappa shape index (κ2) is 11.9. The summed E-state index contributed by atoms with van der Waals surface area (Å²) in [6, 6.07) is 0.374. The maximum absolute atomic E-state index is 11.0. The van der Waals surface area contributed by atoms with Crippen LogP contribution in [0.4, 0.5) is 0 Å². The topological polar surface area (TPSA) is 95.6 Å². The molecule has 1 aliphatic heterocycles. The third-order valence-corrected chi connectivity index (χ3v) is 5.48. The Morgan fingerprint density at radius 1 is 1.39 bits per heavy atom. The van der Waals surface area contributed by atoms with E-state index in [1.54, 1.807) is 11.3 Å². The summed E-state index contributed by atoms with van der Waals surface area (Å²) in [4.78, 5) is 22.6. The van der Waals surface area contributed by atoms with Gasteiger partial charge in [-0.15, -0.1) is 35.3 Å². The Labute approximate surface area is 190 Å². The maximum atomic E-state index is 11.0. The van der Waals surface area contributed by atoms with Gasteiger partial charge in [-0.25, -0.2) is 4.98 Å². The Hall–Kier alpha value is -0.940. The first-order chi connectivity index (χ1) is 12.8. The largest absolute Gasteiger partial charge is 0.369 e. The smallest absolute Gasteiger partial charge is 0.231 e. The Kier molecular flexibility index (Phi) is 10.7. The van der Waals surface area contributed by atoms with Crippen LogP contribution in [0.15, 0.2) is 10.4 Å². The maximum Gasteiger partial charge on any atom is 0.231 e. The molecule has 0 aromatic carbocycles. The fourth-order valence-electron chi connectivity index (χ4n) is 3.00. The van der Waals surface area contributed by atoms with Crippen LogP contribution in [0.1, 0.15) is 51.2 Å². The SMILES string of the molecule is CCNC(=NCCc1nc(C(C)(C)C)cs1)NC1CCN(CC(N)=O)CC1.I. The van der Waals surface area contributed by atoms with Gasteiger partial charge in [0.05, 0.1) is 17.2 Å². The zero-order valence-electron chi connectivity index (χ0n) is 17.5. The van der Waals surface area contributed by atoms with Crippen LogP contribution in [-0.4, -0.2) is 60.5 Å². The average molecular weight is 523 g/mol. The van der Waals surface area contributed by atoms with Crippen LogP contribution >= 0.6 is 35.3 Å². The number of guanidine groups is 1. The first-order valence-electron chi connectivity index (χ1n) is 9.78. The van der Waals surface area contributed by atoms with Gasteiger partial charge < -0.3 is 16.4 Å². The molecule has 28 heavy (non-hydrogen) atoms. The number of hydrogen-bond donors (Lipinski definition) is 3. The first kappa shape index (κ1) is 25.1. The summed E-state index contributed by atoms with van der Waals surface area (Å²) in [6.45, 7) is 12.3. The van der Waals surface area contributed by atoms with Gasteiger partial charge in [0.2, 0.25) is 5.91 Å². The Bertz CT molecular complexity index is 635. The van der Waals surface area contributed by atoms with Crippen molar-refractivity contribution in [3.05, 3.63) is 16.1 Å². The van der Waals surface area contributed by atoms with Crippen LogP contribution in [0.2, 0.25) is 0 Å². The summed E-state index contributed by atoms with van der Waals surface area (Å²) < 4.78 is 0. The molecule has 1 aliphatic rings. The summed E-state index contributed by atoms with van der Waals surface area (Å²) in [6.07, 6.45) is 2.83. The molecule has 0 spiro atoms. The number of hydrogen-bond acceptors (Lipinski definition) is 5. The van der Waals surface area contributed by atoms with Crippen molar-refractivity contribution in [1.82, 2.24) is 20.5 Å². The number of rotatable bonds is 7. The molecular weight excluding hydrogens is 487 g/mol. The molecule has 1 amide bonds. The molecule has 7 nitrogen and oxygen atoms in total. The monoisotopic (exact) mass is 522 g/mol. The number of likely N-dealkylation sites (tertiary alicyclic amines) is 1. The number of primary amides is 1. The molecule has 2 heterocycles. The van der Waals surface area contributed by atoms with Crippen LogP contribution in [0.3, 0.4) is 0 Å². The molecule has 160 valence electrons. The molecule has 1 saturated heterocycles. The van der Waals surface area contributed by atoms with E-state index in [0.29, 0.717) is 19.1 Å². The van der Waals surface area contributed by atoms with Crippen molar-refractivity contribution < 1.29 is 4.79 Å². The molecular formula is C19H35IN6OS. The van der Waals surface area contributed by atoms with Gasteiger partial charge in [0.1, 0.15) is 0 Å². The number of halogens is 1. The van der Waals surface area contributed by atoms with Gasteiger partial charge in [-0.2, -0.15) is 0 Å². The molecule has 0 bridgehead atoms. The zero-order valence-corrected chi connectivity index (χ0v) is 20.6. The number of amides is 1. The van der Waals surface area contributed by atoms with Gasteiger partial charge in [0.25, 0.3) is 0 Å². The fourth-order valence-corrected chi connectivity index (χ4v) is 4.02. The highest BCUT2D eigenvalue weighted by atomic mass is 127. The van der Waals surface area contributed by atoms with Gasteiger partial charge in [-0.3, -0.25) is 14.7 Å². The normalized spacial score (nSPS) is 16.5. The highest BCUT2D eigenvalue weighted by molar-refractivity contribution is 14.0. The molecule has 2 rings (SSSR count). The predicted octanol–water partition coefficient (Wildman–Crippen LogP) is 2.11. The number of thiazole rings is 1. The molecule has 1 aromatic rings. The van der Waals surface area contributed by atoms with Crippen molar-refractivity contribution >= 4 is 47.2 Å². The van der Waals surface area contributed by atoms with E-state index in [-0.39, 0.29) is 35.3 Å². The van der Waals surface area contributed by atoms with Crippen LogP contribution < -0.4 is 16.4 Å². The Morgan fingerprint density at radius 2 is 2.07 bits per heavy atom. The summed E-state index contributed by atoms with van der Waals surface area (Å²) >= 11 is 1.72. The van der Waals surface area contributed by atoms with Gasteiger partial charge in [-0.05, 0) is 19.8 Å². The lowest BCUT2D eigenvalue weighted by Gasteiger charge is -2.32. The number of nitrogens with one attached hydrogen (secondary N) is 2. The van der Waals surface area contributed by atoms with Gasteiger partial charge in [-0.1, -0.05) is 20.8 Å². The number of carbonyl (C=O) groups is 1. The predicted molar refractivity (Wildman–Crippen MR) is 128 cm³/mol. The van der Waals surface area contributed by atoms with Gasteiger partial charge >= 0.3 is 0 Å². The molecule has 4 N–H and O–H groups in total. The molecule has 0 atom stereocenters. The Morgan fingerprint density at radius 3 is 2.61 bits per heavy atom. The third-order valence-electron chi connectivity index (χ3n) is 4.57. The minimum absolute atomic E-state index is 0. The number of piperidine rings is 1. The minimum atomic E-state index is -0.256. The molecule has 9 heteroatoms. The number of carbonyl (C=O) groups excluding carboxylic acids is 1. The highest BCUT2D eigenvalue weighted by Gasteiger charge is 2.21. The summed E-state index contributed by atoms with van der Waals surface area (Å²) in [5.74, 6) is 0.603. The number of aromatic nitrogens is 1. The molecule has 0 saturated carbocycles. The lowest BCUT2D eigenvalue weighted by molar-refractivity contribution is -0.119. The van der Waals surface area contributed by atoms with E-state index in [1.165, 1.54) is 0 Å². The van der Waals surface area contributed by atoms with Crippen molar-refractivity contribution in [3.8, 4) is 0 Å². The average Bonchev–Trinajstić information content (AvgIpc) is 3.05. The molecule has 1 fully saturated rings. The van der Waals surface area contributed by atoms with E-state index < -0.39 is 0 Å². The van der Waals surface area contributed by atoms with Crippen molar-refractivity contribution in [2.24, 2.45) is 10.7 Å². The first-order valence-corrected chi connectivity index (χ1v) is 10.7. The minimum Gasteiger partial charge on any atom is -0.369 e. The van der Waals surface area contributed by atoms with Crippen LogP contribution in [0.25, 0.3) is 0 Å². The molecule has 0 aliphatic carbocycles. The summed E-state index contributed by atoms with van der Waals surface area (Å²) in [5, 5.41) is 10.1. The Balaban J connectivity index is 0.00000392. The van der Waals surface area contributed by atoms with E-state index in [4.69, 9.17) is 15.7 Å². The van der Waals surface area contributed by atoms with Gasteiger partial charge in [0.15, 0.2) is 5.96 Å². The number of aliphatic imine (C=N–C) groups is 1. The van der Waals surface area contributed by atoms with Crippen LogP contribution in [0, 0.1) is 0 Å². The number of nitrogens with zero attached hydrogens (tertiary/aromatic N) is 3. The standard InChI is InChI=1S/C19H34N6OS.HI/c1-5-21-18(23-14-7-10-25(11-8-14)12-16(20)26)22-9-6-17-24-15(13-27-17)19(2,3)4;/h13-14H,5-12H2,1-4H3,(H2,20,26)(H2,21,22,23);1H. The molecule has 1 aromatic heterocycles. The van der Waals surface area contributed by atoms with Crippen molar-refractivity contribution in [3.63, 3.8) is 0 Å². The highest BCUT2D eigenvalue weighted by Crippen LogP contribution is 2.24. The number of nitrogens with two attached hydrogens (primary N) is 1. The zero-order chi connectivity index (χ0) is 19.9. The lowest BCUT2D eigenvalue weighted by atomic mass is 9.93. The van der Waals surface area contributed by atoms with Gasteiger partial charge in [0, 0.05) is 49.4 Å². The summed E-state index contributed by atoms with van der Waals surface area (Å²) in [7, 11) is 0. The van der Waals surface area contributed by atoms with Crippen LogP contribution in [0.5, 0.6) is 0 Å².